The van der Waals surface area contributed by atoms with Crippen molar-refractivity contribution >= 4 is 29.1 Å². The summed E-state index contributed by atoms with van der Waals surface area (Å²) < 4.78 is 0. The largest absolute Gasteiger partial charge is 0.368 e. The average Bonchev–Trinajstić information content (AvgIpc) is 2.27. The highest BCUT2D eigenvalue weighted by atomic mass is 35.5. The molecule has 6 heteroatoms. The summed E-state index contributed by atoms with van der Waals surface area (Å²) in [5, 5.41) is 12.4. The minimum Gasteiger partial charge on any atom is -0.368 e. The first kappa shape index (κ1) is 12.1. The molecule has 5 nitrogen and oxygen atoms in total. The summed E-state index contributed by atoms with van der Waals surface area (Å²) in [5.41, 5.74) is 7.61. The van der Waals surface area contributed by atoms with Crippen LogP contribution in [0.3, 0.4) is 0 Å². The van der Waals surface area contributed by atoms with Crippen LogP contribution >= 0.6 is 11.6 Å². The van der Waals surface area contributed by atoms with Crippen LogP contribution in [0.15, 0.2) is 24.3 Å². The third-order valence-electron chi connectivity index (χ3n) is 2.36. The van der Waals surface area contributed by atoms with Crippen LogP contribution in [0.1, 0.15) is 11.1 Å². The maximum absolute atomic E-state index is 9.11. The van der Waals surface area contributed by atoms with Gasteiger partial charge < -0.3 is 11.1 Å². The summed E-state index contributed by atoms with van der Waals surface area (Å²) in [6, 6.07) is 9.19. The van der Waals surface area contributed by atoms with Crippen molar-refractivity contribution in [1.29, 1.82) is 5.26 Å². The first-order valence-corrected chi connectivity index (χ1v) is 5.55. The van der Waals surface area contributed by atoms with E-state index >= 15 is 0 Å². The van der Waals surface area contributed by atoms with Crippen LogP contribution in [0.25, 0.3) is 0 Å². The van der Waals surface area contributed by atoms with Gasteiger partial charge in [0, 0.05) is 6.07 Å². The van der Waals surface area contributed by atoms with Crippen LogP contribution in [-0.2, 0) is 0 Å². The zero-order valence-corrected chi connectivity index (χ0v) is 10.4. The lowest BCUT2D eigenvalue weighted by Gasteiger charge is -2.09. The molecule has 1 aromatic carbocycles. The first-order chi connectivity index (χ1) is 8.60. The number of benzene rings is 1. The van der Waals surface area contributed by atoms with Gasteiger partial charge in [0.1, 0.15) is 17.0 Å². The van der Waals surface area contributed by atoms with Crippen LogP contribution in [-0.4, -0.2) is 9.97 Å². The second-order valence-electron chi connectivity index (χ2n) is 3.67. The molecule has 0 aliphatic heterocycles. The first-order valence-electron chi connectivity index (χ1n) is 5.17. The molecule has 0 radical (unpaired) electrons. The lowest BCUT2D eigenvalue weighted by molar-refractivity contribution is 1.18. The van der Waals surface area contributed by atoms with Crippen molar-refractivity contribution in [3.63, 3.8) is 0 Å². The number of anilines is 3. The highest BCUT2D eigenvalue weighted by Crippen LogP contribution is 2.23. The highest BCUT2D eigenvalue weighted by molar-refractivity contribution is 6.29. The van der Waals surface area contributed by atoms with Crippen molar-refractivity contribution < 1.29 is 0 Å². The standard InChI is InChI=1S/C12H10ClN5/c1-7-3-2-4-9(8(7)6-14)16-11-5-10(13)17-12(15)18-11/h2-5H,1H3,(H3,15,16,17,18). The topological polar surface area (TPSA) is 87.6 Å². The van der Waals surface area contributed by atoms with Crippen molar-refractivity contribution in [2.24, 2.45) is 0 Å². The van der Waals surface area contributed by atoms with E-state index in [1.54, 1.807) is 12.1 Å². The van der Waals surface area contributed by atoms with Gasteiger partial charge in [-0.1, -0.05) is 23.7 Å². The Morgan fingerprint density at radius 2 is 2.17 bits per heavy atom. The molecule has 0 unspecified atom stereocenters. The second-order valence-corrected chi connectivity index (χ2v) is 4.06. The summed E-state index contributed by atoms with van der Waals surface area (Å²) >= 11 is 5.79. The van der Waals surface area contributed by atoms with Crippen LogP contribution < -0.4 is 11.1 Å². The zero-order valence-electron chi connectivity index (χ0n) is 9.61. The minimum atomic E-state index is 0.0798. The molecule has 2 aromatic rings. The lowest BCUT2D eigenvalue weighted by atomic mass is 10.1. The van der Waals surface area contributed by atoms with Gasteiger partial charge >= 0.3 is 0 Å². The summed E-state index contributed by atoms with van der Waals surface area (Å²) in [6.07, 6.45) is 0. The van der Waals surface area contributed by atoms with E-state index in [9.17, 15) is 0 Å². The molecule has 0 saturated carbocycles. The predicted molar refractivity (Wildman–Crippen MR) is 70.6 cm³/mol. The minimum absolute atomic E-state index is 0.0798. The van der Waals surface area contributed by atoms with E-state index < -0.39 is 0 Å². The Bertz CT molecular complexity index is 613. The van der Waals surface area contributed by atoms with Crippen LogP contribution in [0.5, 0.6) is 0 Å². The number of rotatable bonds is 2. The second kappa shape index (κ2) is 4.90. The molecule has 2 rings (SSSR count). The maximum Gasteiger partial charge on any atom is 0.223 e. The Hall–Kier alpha value is -2.32. The van der Waals surface area contributed by atoms with Gasteiger partial charge in [-0.25, -0.2) is 4.98 Å². The quantitative estimate of drug-likeness (QED) is 0.810. The Labute approximate surface area is 109 Å². The SMILES string of the molecule is Cc1cccc(Nc2cc(Cl)nc(N)n2)c1C#N. The number of halogens is 1. The number of hydrogen-bond donors (Lipinski definition) is 2. The van der Waals surface area contributed by atoms with Gasteiger partial charge in [0.15, 0.2) is 0 Å². The van der Waals surface area contributed by atoms with Gasteiger partial charge in [-0.3, -0.25) is 0 Å². The van der Waals surface area contributed by atoms with Crippen molar-refractivity contribution in [3.8, 4) is 6.07 Å². The maximum atomic E-state index is 9.11. The molecule has 3 N–H and O–H groups in total. The van der Waals surface area contributed by atoms with Crippen LogP contribution in [0.4, 0.5) is 17.5 Å². The molecule has 18 heavy (non-hydrogen) atoms. The zero-order chi connectivity index (χ0) is 13.1. The fourth-order valence-corrected chi connectivity index (χ4v) is 1.75. The predicted octanol–water partition coefficient (Wildman–Crippen LogP) is 2.64. The van der Waals surface area contributed by atoms with Gasteiger partial charge in [0.2, 0.25) is 5.95 Å². The molecule has 0 bridgehead atoms. The number of aromatic nitrogens is 2. The number of nitrogens with two attached hydrogens (primary N) is 1. The third kappa shape index (κ3) is 2.50. The molecule has 0 spiro atoms. The normalized spacial score (nSPS) is 9.83. The van der Waals surface area contributed by atoms with E-state index in [0.29, 0.717) is 17.1 Å². The van der Waals surface area contributed by atoms with Crippen molar-refractivity contribution in [1.82, 2.24) is 9.97 Å². The fraction of sp³-hybridized carbons (Fsp3) is 0.0833. The fourth-order valence-electron chi connectivity index (χ4n) is 1.56. The van der Waals surface area contributed by atoms with E-state index in [1.165, 1.54) is 0 Å². The van der Waals surface area contributed by atoms with Crippen molar-refractivity contribution in [2.45, 2.75) is 6.92 Å². The molecule has 0 aliphatic rings. The average molecular weight is 260 g/mol. The summed E-state index contributed by atoms with van der Waals surface area (Å²) in [6.45, 7) is 1.87. The molecular weight excluding hydrogens is 250 g/mol. The summed E-state index contributed by atoms with van der Waals surface area (Å²) in [4.78, 5) is 7.76. The van der Waals surface area contributed by atoms with Gasteiger partial charge in [-0.05, 0) is 18.6 Å². The van der Waals surface area contributed by atoms with Crippen molar-refractivity contribution in [2.75, 3.05) is 11.1 Å². The van der Waals surface area contributed by atoms with Crippen LogP contribution in [0, 0.1) is 18.3 Å². The van der Waals surface area contributed by atoms with Gasteiger partial charge in [0.05, 0.1) is 11.3 Å². The number of nitrogens with zero attached hydrogens (tertiary/aromatic N) is 3. The smallest absolute Gasteiger partial charge is 0.223 e. The number of aryl methyl sites for hydroxylation is 1. The molecule has 0 atom stereocenters. The van der Waals surface area contributed by atoms with Crippen molar-refractivity contribution in [3.05, 3.63) is 40.5 Å². The Morgan fingerprint density at radius 3 is 2.83 bits per heavy atom. The number of nitrogens with one attached hydrogen (secondary N) is 1. The van der Waals surface area contributed by atoms with E-state index in [2.05, 4.69) is 21.4 Å². The molecule has 0 fully saturated rings. The van der Waals surface area contributed by atoms with E-state index in [-0.39, 0.29) is 11.1 Å². The van der Waals surface area contributed by atoms with Gasteiger partial charge in [-0.2, -0.15) is 10.2 Å². The Kier molecular flexibility index (Phi) is 3.31. The monoisotopic (exact) mass is 259 g/mol. The van der Waals surface area contributed by atoms with Gasteiger partial charge in [-0.15, -0.1) is 0 Å². The molecular formula is C12H10ClN5. The van der Waals surface area contributed by atoms with Crippen LogP contribution in [0.2, 0.25) is 5.15 Å². The molecule has 90 valence electrons. The number of hydrogen-bond acceptors (Lipinski definition) is 5. The summed E-state index contributed by atoms with van der Waals surface area (Å²) in [5.74, 6) is 0.533. The van der Waals surface area contributed by atoms with Gasteiger partial charge in [0.25, 0.3) is 0 Å². The number of nitriles is 1. The summed E-state index contributed by atoms with van der Waals surface area (Å²) in [7, 11) is 0. The Balaban J connectivity index is 2.40. The van der Waals surface area contributed by atoms with E-state index in [4.69, 9.17) is 22.6 Å². The molecule has 1 aromatic heterocycles. The molecule has 1 heterocycles. The number of nitrogen functional groups attached to an aromatic ring is 1. The van der Waals surface area contributed by atoms with E-state index in [1.807, 2.05) is 19.1 Å². The highest BCUT2D eigenvalue weighted by Gasteiger charge is 2.07. The van der Waals surface area contributed by atoms with E-state index in [0.717, 1.165) is 5.56 Å². The molecule has 0 amide bonds. The molecule has 0 saturated heterocycles. The molecule has 0 aliphatic carbocycles. The lowest BCUT2D eigenvalue weighted by Crippen LogP contribution is -2.01. The third-order valence-corrected chi connectivity index (χ3v) is 2.55. The Morgan fingerprint density at radius 1 is 1.39 bits per heavy atom.